The van der Waals surface area contributed by atoms with Crippen LogP contribution in [0.25, 0.3) is 10.9 Å². The van der Waals surface area contributed by atoms with Crippen molar-refractivity contribution in [2.24, 2.45) is 5.92 Å². The number of hydrogen-bond donors (Lipinski definition) is 1. The lowest BCUT2D eigenvalue weighted by molar-refractivity contribution is 0.273. The number of nitrogens with zero attached hydrogens (tertiary/aromatic N) is 1. The van der Waals surface area contributed by atoms with Gasteiger partial charge in [-0.05, 0) is 24.5 Å². The number of fused-ring (bicyclic) bond motifs is 1. The van der Waals surface area contributed by atoms with Gasteiger partial charge in [-0.25, -0.2) is 0 Å². The highest BCUT2D eigenvalue weighted by atomic mass is 16.3. The fraction of sp³-hybridized carbons (Fsp3) is 0.308. The number of aliphatic hydroxyl groups excluding tert-OH is 1. The normalized spacial score (nSPS) is 24.3. The molecule has 1 saturated carbocycles. The molecular formula is C13H13NO. The summed E-state index contributed by atoms with van der Waals surface area (Å²) in [5.41, 5.74) is 2.19. The van der Waals surface area contributed by atoms with Crippen molar-refractivity contribution in [3.05, 3.63) is 42.1 Å². The van der Waals surface area contributed by atoms with Gasteiger partial charge in [0.25, 0.3) is 0 Å². The Bertz CT molecular complexity index is 495. The Balaban J connectivity index is 2.00. The zero-order valence-electron chi connectivity index (χ0n) is 8.43. The SMILES string of the molecule is OC[C@@H]1C[C@H]1c1ccc2ccccc2n1. The van der Waals surface area contributed by atoms with E-state index in [0.717, 1.165) is 17.6 Å². The zero-order chi connectivity index (χ0) is 10.3. The minimum Gasteiger partial charge on any atom is -0.396 e. The van der Waals surface area contributed by atoms with E-state index in [0.29, 0.717) is 18.4 Å². The summed E-state index contributed by atoms with van der Waals surface area (Å²) in [6.45, 7) is 0.291. The maximum absolute atomic E-state index is 9.02. The standard InChI is InChI=1S/C13H13NO/c15-8-10-7-11(10)13-6-5-9-3-1-2-4-12(9)14-13/h1-6,10-11,15H,7-8H2/t10-,11+/m0/s1. The van der Waals surface area contributed by atoms with E-state index in [2.05, 4.69) is 23.2 Å². The number of aliphatic hydroxyl groups is 1. The summed E-state index contributed by atoms with van der Waals surface area (Å²) in [6.07, 6.45) is 1.09. The van der Waals surface area contributed by atoms with Crippen LogP contribution in [0.15, 0.2) is 36.4 Å². The molecule has 1 aromatic carbocycles. The van der Waals surface area contributed by atoms with Gasteiger partial charge >= 0.3 is 0 Å². The highest BCUT2D eigenvalue weighted by molar-refractivity contribution is 5.78. The Hall–Kier alpha value is -1.41. The van der Waals surface area contributed by atoms with Gasteiger partial charge in [-0.1, -0.05) is 24.3 Å². The number of rotatable bonds is 2. The first-order valence-corrected chi connectivity index (χ1v) is 5.35. The summed E-state index contributed by atoms with van der Waals surface area (Å²) in [5.74, 6) is 0.929. The van der Waals surface area contributed by atoms with Crippen LogP contribution < -0.4 is 0 Å². The lowest BCUT2D eigenvalue weighted by Gasteiger charge is -2.01. The third-order valence-electron chi connectivity index (χ3n) is 3.16. The second-order valence-electron chi connectivity index (χ2n) is 4.21. The molecule has 2 heteroatoms. The van der Waals surface area contributed by atoms with Crippen molar-refractivity contribution in [2.75, 3.05) is 6.61 Å². The van der Waals surface area contributed by atoms with Crippen molar-refractivity contribution in [3.63, 3.8) is 0 Å². The number of aromatic nitrogens is 1. The molecular weight excluding hydrogens is 186 g/mol. The quantitative estimate of drug-likeness (QED) is 0.805. The topological polar surface area (TPSA) is 33.1 Å². The summed E-state index contributed by atoms with van der Waals surface area (Å²) in [5, 5.41) is 10.2. The highest BCUT2D eigenvalue weighted by Gasteiger charge is 2.38. The minimum atomic E-state index is 0.291. The van der Waals surface area contributed by atoms with Crippen LogP contribution in [0.2, 0.25) is 0 Å². The van der Waals surface area contributed by atoms with Crippen LogP contribution in [0.5, 0.6) is 0 Å². The molecule has 76 valence electrons. The lowest BCUT2D eigenvalue weighted by atomic mass is 10.1. The van der Waals surface area contributed by atoms with Crippen LogP contribution in [-0.2, 0) is 0 Å². The minimum absolute atomic E-state index is 0.291. The highest BCUT2D eigenvalue weighted by Crippen LogP contribution is 2.46. The van der Waals surface area contributed by atoms with Crippen molar-refractivity contribution in [1.82, 2.24) is 4.98 Å². The summed E-state index contributed by atoms with van der Waals surface area (Å²) < 4.78 is 0. The second kappa shape index (κ2) is 3.31. The molecule has 0 radical (unpaired) electrons. The zero-order valence-corrected chi connectivity index (χ0v) is 8.43. The fourth-order valence-corrected chi connectivity index (χ4v) is 2.10. The molecule has 0 amide bonds. The van der Waals surface area contributed by atoms with Crippen molar-refractivity contribution < 1.29 is 5.11 Å². The van der Waals surface area contributed by atoms with Crippen LogP contribution in [0.1, 0.15) is 18.0 Å². The number of hydrogen-bond acceptors (Lipinski definition) is 2. The number of pyridine rings is 1. The molecule has 2 atom stereocenters. The van der Waals surface area contributed by atoms with Crippen molar-refractivity contribution >= 4 is 10.9 Å². The molecule has 1 heterocycles. The Morgan fingerprint density at radius 2 is 2.07 bits per heavy atom. The largest absolute Gasteiger partial charge is 0.396 e. The second-order valence-corrected chi connectivity index (χ2v) is 4.21. The van der Waals surface area contributed by atoms with Crippen molar-refractivity contribution in [1.29, 1.82) is 0 Å². The maximum atomic E-state index is 9.02. The van der Waals surface area contributed by atoms with E-state index in [1.54, 1.807) is 0 Å². The van der Waals surface area contributed by atoms with E-state index < -0.39 is 0 Å². The molecule has 0 saturated heterocycles. The predicted molar refractivity (Wildman–Crippen MR) is 59.7 cm³/mol. The van der Waals surface area contributed by atoms with Crippen LogP contribution in [0.4, 0.5) is 0 Å². The Morgan fingerprint density at radius 3 is 2.87 bits per heavy atom. The van der Waals surface area contributed by atoms with E-state index in [9.17, 15) is 0 Å². The first kappa shape index (κ1) is 8.86. The molecule has 2 aromatic rings. The summed E-state index contributed by atoms with van der Waals surface area (Å²) in [4.78, 5) is 4.62. The van der Waals surface area contributed by atoms with E-state index >= 15 is 0 Å². The molecule has 0 bridgehead atoms. The van der Waals surface area contributed by atoms with Gasteiger partial charge in [0.05, 0.1) is 5.52 Å². The molecule has 1 aromatic heterocycles. The molecule has 15 heavy (non-hydrogen) atoms. The van der Waals surface area contributed by atoms with Gasteiger partial charge in [0.2, 0.25) is 0 Å². The molecule has 0 unspecified atom stereocenters. The summed E-state index contributed by atoms with van der Waals surface area (Å²) >= 11 is 0. The smallest absolute Gasteiger partial charge is 0.0705 e. The Kier molecular flexibility index (Phi) is 1.96. The molecule has 1 aliphatic rings. The first-order valence-electron chi connectivity index (χ1n) is 5.35. The average Bonchev–Trinajstić information content (AvgIpc) is 3.08. The number of para-hydroxylation sites is 1. The first-order chi connectivity index (χ1) is 7.38. The molecule has 1 aliphatic carbocycles. The van der Waals surface area contributed by atoms with Crippen LogP contribution in [-0.4, -0.2) is 16.7 Å². The van der Waals surface area contributed by atoms with Crippen LogP contribution in [0, 0.1) is 5.92 Å². The van der Waals surface area contributed by atoms with Crippen LogP contribution in [0.3, 0.4) is 0 Å². The van der Waals surface area contributed by atoms with Crippen LogP contribution >= 0.6 is 0 Å². The third-order valence-corrected chi connectivity index (χ3v) is 3.16. The van der Waals surface area contributed by atoms with Gasteiger partial charge in [-0.15, -0.1) is 0 Å². The van der Waals surface area contributed by atoms with Gasteiger partial charge in [0, 0.05) is 23.6 Å². The van der Waals surface area contributed by atoms with Crippen molar-refractivity contribution in [2.45, 2.75) is 12.3 Å². The van der Waals surface area contributed by atoms with Gasteiger partial charge in [0.1, 0.15) is 0 Å². The molecule has 1 N–H and O–H groups in total. The number of benzene rings is 1. The maximum Gasteiger partial charge on any atom is 0.0705 e. The molecule has 2 nitrogen and oxygen atoms in total. The van der Waals surface area contributed by atoms with Gasteiger partial charge < -0.3 is 5.11 Å². The average molecular weight is 199 g/mol. The fourth-order valence-electron chi connectivity index (χ4n) is 2.10. The molecule has 1 fully saturated rings. The van der Waals surface area contributed by atoms with E-state index in [1.807, 2.05) is 18.2 Å². The summed E-state index contributed by atoms with van der Waals surface area (Å²) in [7, 11) is 0. The Morgan fingerprint density at radius 1 is 1.20 bits per heavy atom. The predicted octanol–water partition coefficient (Wildman–Crippen LogP) is 2.33. The van der Waals surface area contributed by atoms with Crippen molar-refractivity contribution in [3.8, 4) is 0 Å². The molecule has 0 aliphatic heterocycles. The monoisotopic (exact) mass is 199 g/mol. The van der Waals surface area contributed by atoms with Gasteiger partial charge in [-0.2, -0.15) is 0 Å². The molecule has 0 spiro atoms. The van der Waals surface area contributed by atoms with E-state index in [-0.39, 0.29) is 0 Å². The van der Waals surface area contributed by atoms with E-state index in [4.69, 9.17) is 5.11 Å². The molecule has 3 rings (SSSR count). The van der Waals surface area contributed by atoms with Gasteiger partial charge in [0.15, 0.2) is 0 Å². The summed E-state index contributed by atoms with van der Waals surface area (Å²) in [6, 6.07) is 12.3. The Labute approximate surface area is 88.6 Å². The third kappa shape index (κ3) is 1.51. The van der Waals surface area contributed by atoms with Gasteiger partial charge in [-0.3, -0.25) is 4.98 Å². The lowest BCUT2D eigenvalue weighted by Crippen LogP contribution is -1.92. The van der Waals surface area contributed by atoms with E-state index in [1.165, 1.54) is 5.39 Å².